The molecule has 8 heteroatoms. The molecule has 0 radical (unpaired) electrons. The molecule has 0 saturated heterocycles. The minimum absolute atomic E-state index is 0.178. The lowest BCUT2D eigenvalue weighted by atomic mass is 10.3. The van der Waals surface area contributed by atoms with Crippen LogP contribution < -0.4 is 17.1 Å². The largest absolute Gasteiger partial charge is 0.493 e. The Balaban J connectivity index is 2.43. The number of para-hydroxylation sites is 2. The molecule has 0 unspecified atom stereocenters. The van der Waals surface area contributed by atoms with Crippen LogP contribution in [0, 0.1) is 0 Å². The quantitative estimate of drug-likeness (QED) is 0.499. The van der Waals surface area contributed by atoms with E-state index in [1.54, 1.807) is 24.3 Å². The third-order valence-electron chi connectivity index (χ3n) is 2.71. The molecule has 0 aliphatic heterocycles. The van der Waals surface area contributed by atoms with Crippen molar-refractivity contribution in [2.75, 3.05) is 5.84 Å². The van der Waals surface area contributed by atoms with Gasteiger partial charge >= 0.3 is 11.2 Å². The molecule has 0 spiro atoms. The number of aromatic amines is 1. The van der Waals surface area contributed by atoms with Gasteiger partial charge < -0.3 is 10.9 Å². The highest BCUT2D eigenvalue weighted by atomic mass is 16.3. The Bertz CT molecular complexity index is 889. The molecule has 2 aromatic heterocycles. The minimum Gasteiger partial charge on any atom is -0.493 e. The third-order valence-corrected chi connectivity index (χ3v) is 2.71. The summed E-state index contributed by atoms with van der Waals surface area (Å²) in [5.74, 6) is 5.15. The average Bonchev–Trinajstić information content (AvgIpc) is 2.73. The lowest BCUT2D eigenvalue weighted by Gasteiger charge is -2.06. The molecular weight excluding hydrogens is 250 g/mol. The zero-order chi connectivity index (χ0) is 13.6. The van der Waals surface area contributed by atoms with Crippen molar-refractivity contribution in [1.82, 2.24) is 19.2 Å². The van der Waals surface area contributed by atoms with Gasteiger partial charge in [-0.15, -0.1) is 0 Å². The van der Waals surface area contributed by atoms with Crippen LogP contribution in [0.1, 0.15) is 0 Å². The topological polar surface area (TPSA) is 119 Å². The van der Waals surface area contributed by atoms with Crippen LogP contribution in [0.2, 0.25) is 0 Å². The van der Waals surface area contributed by atoms with Gasteiger partial charge in [-0.25, -0.2) is 19.0 Å². The molecule has 0 bridgehead atoms. The monoisotopic (exact) mass is 259 g/mol. The van der Waals surface area contributed by atoms with Crippen molar-refractivity contribution in [2.24, 2.45) is 0 Å². The number of nitrogens with zero attached hydrogens (tertiary/aromatic N) is 3. The second-order valence-electron chi connectivity index (χ2n) is 3.91. The fourth-order valence-electron chi connectivity index (χ4n) is 1.84. The SMILES string of the molecule is Nn1c(=O)c(-n2cc(O)[nH]c2=O)nc2ccccc21. The third kappa shape index (κ3) is 1.58. The standard InChI is InChI=1S/C11H9N5O3/c12-16-7-4-2-1-3-6(7)13-9(10(16)18)15-5-8(17)14-11(15)19/h1-5,17H,12H2,(H,14,19). The van der Waals surface area contributed by atoms with Crippen LogP contribution >= 0.6 is 0 Å². The van der Waals surface area contributed by atoms with Crippen LogP contribution in [0.4, 0.5) is 0 Å². The van der Waals surface area contributed by atoms with E-state index in [0.29, 0.717) is 11.0 Å². The van der Waals surface area contributed by atoms with Crippen LogP contribution in [0.15, 0.2) is 40.1 Å². The van der Waals surface area contributed by atoms with E-state index >= 15 is 0 Å². The van der Waals surface area contributed by atoms with E-state index in [1.165, 1.54) is 0 Å². The maximum atomic E-state index is 12.1. The van der Waals surface area contributed by atoms with Gasteiger partial charge in [0.05, 0.1) is 17.2 Å². The summed E-state index contributed by atoms with van der Waals surface area (Å²) in [6.07, 6.45) is 1.07. The molecule has 0 aliphatic carbocycles. The van der Waals surface area contributed by atoms with Crippen LogP contribution in [0.3, 0.4) is 0 Å². The smallest absolute Gasteiger partial charge is 0.334 e. The number of rotatable bonds is 1. The molecule has 3 aromatic rings. The lowest BCUT2D eigenvalue weighted by Crippen LogP contribution is -2.34. The Hall–Kier alpha value is -3.03. The fraction of sp³-hybridized carbons (Fsp3) is 0. The van der Waals surface area contributed by atoms with Gasteiger partial charge in [-0.3, -0.25) is 9.78 Å². The van der Waals surface area contributed by atoms with E-state index < -0.39 is 11.2 Å². The molecule has 19 heavy (non-hydrogen) atoms. The molecular formula is C11H9N5O3. The highest BCUT2D eigenvalue weighted by Crippen LogP contribution is 2.10. The van der Waals surface area contributed by atoms with Crippen LogP contribution in [-0.2, 0) is 0 Å². The fourth-order valence-corrected chi connectivity index (χ4v) is 1.84. The molecule has 0 fully saturated rings. The summed E-state index contributed by atoms with van der Waals surface area (Å²) < 4.78 is 1.82. The number of hydrogen-bond donors (Lipinski definition) is 3. The van der Waals surface area contributed by atoms with E-state index in [4.69, 9.17) is 5.84 Å². The van der Waals surface area contributed by atoms with E-state index in [0.717, 1.165) is 15.4 Å². The molecule has 8 nitrogen and oxygen atoms in total. The molecule has 0 atom stereocenters. The van der Waals surface area contributed by atoms with Gasteiger partial charge in [0, 0.05) is 0 Å². The Labute approximate surface area is 105 Å². The Kier molecular flexibility index (Phi) is 2.18. The van der Waals surface area contributed by atoms with E-state index in [9.17, 15) is 14.7 Å². The first-order valence-corrected chi connectivity index (χ1v) is 5.36. The molecule has 1 aromatic carbocycles. The first-order valence-electron chi connectivity index (χ1n) is 5.36. The number of imidazole rings is 1. The second-order valence-corrected chi connectivity index (χ2v) is 3.91. The number of nitrogens with one attached hydrogen (secondary N) is 1. The maximum absolute atomic E-state index is 12.1. The van der Waals surface area contributed by atoms with Crippen molar-refractivity contribution in [3.05, 3.63) is 51.3 Å². The van der Waals surface area contributed by atoms with Gasteiger partial charge in [-0.05, 0) is 12.1 Å². The molecule has 0 aliphatic rings. The summed E-state index contributed by atoms with van der Waals surface area (Å²) in [5.41, 5.74) is -0.395. The summed E-state index contributed by atoms with van der Waals surface area (Å²) in [6, 6.07) is 6.77. The van der Waals surface area contributed by atoms with Crippen molar-refractivity contribution in [3.63, 3.8) is 0 Å². The van der Waals surface area contributed by atoms with Crippen molar-refractivity contribution >= 4 is 11.0 Å². The predicted octanol–water partition coefficient (Wildman–Crippen LogP) is -0.705. The van der Waals surface area contributed by atoms with Gasteiger partial charge in [-0.2, -0.15) is 0 Å². The van der Waals surface area contributed by atoms with Crippen LogP contribution in [-0.4, -0.2) is 24.3 Å². The van der Waals surface area contributed by atoms with Gasteiger partial charge in [0.2, 0.25) is 11.7 Å². The zero-order valence-electron chi connectivity index (χ0n) is 9.57. The highest BCUT2D eigenvalue weighted by Gasteiger charge is 2.13. The highest BCUT2D eigenvalue weighted by molar-refractivity contribution is 5.75. The average molecular weight is 259 g/mol. The molecule has 4 N–H and O–H groups in total. The summed E-state index contributed by atoms with van der Waals surface area (Å²) >= 11 is 0. The normalized spacial score (nSPS) is 10.9. The van der Waals surface area contributed by atoms with E-state index in [2.05, 4.69) is 9.97 Å². The first kappa shape index (κ1) is 11.1. The zero-order valence-corrected chi connectivity index (χ0v) is 9.57. The van der Waals surface area contributed by atoms with E-state index in [-0.39, 0.29) is 11.7 Å². The second kappa shape index (κ2) is 3.73. The van der Waals surface area contributed by atoms with Gasteiger partial charge in [0.25, 0.3) is 0 Å². The number of fused-ring (bicyclic) bond motifs is 1. The lowest BCUT2D eigenvalue weighted by molar-refractivity contribution is 0.455. The number of benzene rings is 1. The molecule has 96 valence electrons. The summed E-state index contributed by atoms with van der Waals surface area (Å²) in [6.45, 7) is 0. The maximum Gasteiger partial charge on any atom is 0.334 e. The van der Waals surface area contributed by atoms with E-state index in [1.807, 2.05) is 0 Å². The molecule has 0 amide bonds. The summed E-state index contributed by atoms with van der Waals surface area (Å²) in [5, 5.41) is 9.22. The Morgan fingerprint density at radius 3 is 2.68 bits per heavy atom. The van der Waals surface area contributed by atoms with Crippen molar-refractivity contribution < 1.29 is 5.11 Å². The van der Waals surface area contributed by atoms with Gasteiger partial charge in [-0.1, -0.05) is 12.1 Å². The van der Waals surface area contributed by atoms with Crippen LogP contribution in [0.25, 0.3) is 16.9 Å². The number of H-pyrrole nitrogens is 1. The van der Waals surface area contributed by atoms with Gasteiger partial charge in [0.15, 0.2) is 0 Å². The summed E-state index contributed by atoms with van der Waals surface area (Å²) in [7, 11) is 0. The van der Waals surface area contributed by atoms with Crippen molar-refractivity contribution in [3.8, 4) is 11.7 Å². The minimum atomic E-state index is -0.669. The number of aromatic hydroxyl groups is 1. The predicted molar refractivity (Wildman–Crippen MR) is 67.8 cm³/mol. The number of hydrogen-bond acceptors (Lipinski definition) is 5. The Morgan fingerprint density at radius 1 is 1.26 bits per heavy atom. The molecule has 3 rings (SSSR count). The number of nitrogens with two attached hydrogens (primary N) is 1. The number of aromatic nitrogens is 4. The molecule has 0 saturated carbocycles. The Morgan fingerprint density at radius 2 is 2.00 bits per heavy atom. The van der Waals surface area contributed by atoms with Crippen molar-refractivity contribution in [1.29, 1.82) is 0 Å². The van der Waals surface area contributed by atoms with Crippen molar-refractivity contribution in [2.45, 2.75) is 0 Å². The summed E-state index contributed by atoms with van der Waals surface area (Å²) in [4.78, 5) is 29.9. The first-order chi connectivity index (χ1) is 9.08. The number of nitrogen functional groups attached to an aromatic ring is 1. The van der Waals surface area contributed by atoms with Crippen LogP contribution in [0.5, 0.6) is 5.88 Å². The molecule has 2 heterocycles. The van der Waals surface area contributed by atoms with Gasteiger partial charge in [0.1, 0.15) is 0 Å².